The Balaban J connectivity index is 1.47. The second kappa shape index (κ2) is 8.22. The number of carbonyl (C=O) groups is 2. The van der Waals surface area contributed by atoms with Gasteiger partial charge in [-0.3, -0.25) is 9.59 Å². The SMILES string of the molecule is N#CC1(NC(=O)CNc2ccc(NC(=O)C3CC3)cc2)CCCCCC1. The molecule has 0 unspecified atom stereocenters. The molecule has 1 aromatic rings. The number of hydrogen-bond donors (Lipinski definition) is 3. The maximum atomic E-state index is 12.3. The van der Waals surface area contributed by atoms with Crippen molar-refractivity contribution in [2.24, 2.45) is 5.92 Å². The van der Waals surface area contributed by atoms with Crippen LogP contribution in [-0.2, 0) is 9.59 Å². The normalized spacial score (nSPS) is 18.9. The lowest BCUT2D eigenvalue weighted by Crippen LogP contribution is -2.48. The van der Waals surface area contributed by atoms with Crippen LogP contribution in [0.15, 0.2) is 24.3 Å². The number of nitriles is 1. The lowest BCUT2D eigenvalue weighted by Gasteiger charge is -2.26. The lowest BCUT2D eigenvalue weighted by molar-refractivity contribution is -0.121. The third-order valence-electron chi connectivity index (χ3n) is 5.10. The maximum Gasteiger partial charge on any atom is 0.240 e. The van der Waals surface area contributed by atoms with E-state index in [1.807, 2.05) is 24.3 Å². The first-order chi connectivity index (χ1) is 12.6. The predicted octanol–water partition coefficient (Wildman–Crippen LogP) is 3.18. The Bertz CT molecular complexity index is 681. The van der Waals surface area contributed by atoms with E-state index in [0.29, 0.717) is 0 Å². The summed E-state index contributed by atoms with van der Waals surface area (Å²) in [5, 5.41) is 18.4. The van der Waals surface area contributed by atoms with E-state index in [1.165, 1.54) is 0 Å². The number of hydrogen-bond acceptors (Lipinski definition) is 4. The predicted molar refractivity (Wildman–Crippen MR) is 100 cm³/mol. The van der Waals surface area contributed by atoms with Gasteiger partial charge in [-0.25, -0.2) is 0 Å². The van der Waals surface area contributed by atoms with Crippen LogP contribution in [0.4, 0.5) is 11.4 Å². The minimum Gasteiger partial charge on any atom is -0.376 e. The highest BCUT2D eigenvalue weighted by Crippen LogP contribution is 2.30. The molecule has 6 nitrogen and oxygen atoms in total. The Kier molecular flexibility index (Phi) is 5.77. The van der Waals surface area contributed by atoms with Crippen molar-refractivity contribution in [1.82, 2.24) is 5.32 Å². The Morgan fingerprint density at radius 3 is 2.23 bits per heavy atom. The number of nitrogens with zero attached hydrogens (tertiary/aromatic N) is 1. The van der Waals surface area contributed by atoms with Gasteiger partial charge in [-0.15, -0.1) is 0 Å². The molecule has 2 aliphatic rings. The Labute approximate surface area is 154 Å². The molecule has 2 fully saturated rings. The van der Waals surface area contributed by atoms with E-state index in [9.17, 15) is 14.9 Å². The Morgan fingerprint density at radius 1 is 1.04 bits per heavy atom. The molecular weight excluding hydrogens is 328 g/mol. The van der Waals surface area contributed by atoms with Crippen LogP contribution in [0.5, 0.6) is 0 Å². The molecular formula is C20H26N4O2. The van der Waals surface area contributed by atoms with E-state index in [4.69, 9.17) is 0 Å². The summed E-state index contributed by atoms with van der Waals surface area (Å²) in [6, 6.07) is 9.64. The van der Waals surface area contributed by atoms with Gasteiger partial charge in [0.05, 0.1) is 12.6 Å². The van der Waals surface area contributed by atoms with Crippen LogP contribution in [0.25, 0.3) is 0 Å². The first-order valence-electron chi connectivity index (χ1n) is 9.47. The largest absolute Gasteiger partial charge is 0.376 e. The summed E-state index contributed by atoms with van der Waals surface area (Å²) in [6.45, 7) is 0.122. The van der Waals surface area contributed by atoms with Gasteiger partial charge in [0.25, 0.3) is 0 Å². The van der Waals surface area contributed by atoms with Gasteiger partial charge < -0.3 is 16.0 Å². The molecule has 0 atom stereocenters. The fraction of sp³-hybridized carbons (Fsp3) is 0.550. The van der Waals surface area contributed by atoms with Crippen LogP contribution in [-0.4, -0.2) is 23.9 Å². The molecule has 2 aliphatic carbocycles. The van der Waals surface area contributed by atoms with Gasteiger partial charge in [0, 0.05) is 17.3 Å². The molecule has 1 aromatic carbocycles. The summed E-state index contributed by atoms with van der Waals surface area (Å²) < 4.78 is 0. The molecule has 0 saturated heterocycles. The van der Waals surface area contributed by atoms with Crippen LogP contribution in [0, 0.1) is 17.2 Å². The van der Waals surface area contributed by atoms with E-state index < -0.39 is 5.54 Å². The zero-order valence-electron chi connectivity index (χ0n) is 15.0. The highest BCUT2D eigenvalue weighted by atomic mass is 16.2. The molecule has 0 radical (unpaired) electrons. The van der Waals surface area contributed by atoms with Crippen LogP contribution in [0.2, 0.25) is 0 Å². The molecule has 2 amide bonds. The number of nitrogens with one attached hydrogen (secondary N) is 3. The highest BCUT2D eigenvalue weighted by Gasteiger charge is 2.32. The van der Waals surface area contributed by atoms with Crippen molar-refractivity contribution < 1.29 is 9.59 Å². The fourth-order valence-corrected chi connectivity index (χ4v) is 3.35. The zero-order chi connectivity index (χ0) is 18.4. The summed E-state index contributed by atoms with van der Waals surface area (Å²) in [5.74, 6) is 0.0859. The molecule has 0 heterocycles. The van der Waals surface area contributed by atoms with E-state index in [2.05, 4.69) is 22.0 Å². The van der Waals surface area contributed by atoms with Gasteiger partial charge in [0.2, 0.25) is 11.8 Å². The van der Waals surface area contributed by atoms with E-state index in [1.54, 1.807) is 0 Å². The lowest BCUT2D eigenvalue weighted by atomic mass is 9.92. The minimum absolute atomic E-state index is 0.0790. The van der Waals surface area contributed by atoms with E-state index in [0.717, 1.165) is 62.7 Å². The number of carbonyl (C=O) groups excluding carboxylic acids is 2. The van der Waals surface area contributed by atoms with Gasteiger partial charge in [-0.2, -0.15) is 5.26 Å². The minimum atomic E-state index is -0.716. The first-order valence-corrected chi connectivity index (χ1v) is 9.47. The van der Waals surface area contributed by atoms with Crippen molar-refractivity contribution >= 4 is 23.2 Å². The van der Waals surface area contributed by atoms with Crippen molar-refractivity contribution in [1.29, 1.82) is 5.26 Å². The molecule has 6 heteroatoms. The van der Waals surface area contributed by atoms with Crippen molar-refractivity contribution in [2.75, 3.05) is 17.2 Å². The van der Waals surface area contributed by atoms with Crippen molar-refractivity contribution in [2.45, 2.75) is 56.9 Å². The quantitative estimate of drug-likeness (QED) is 0.684. The fourth-order valence-electron chi connectivity index (χ4n) is 3.35. The average Bonchev–Trinajstić information content (AvgIpc) is 3.49. The Hall–Kier alpha value is -2.55. The molecule has 0 aliphatic heterocycles. The molecule has 0 spiro atoms. The third kappa shape index (κ3) is 4.98. The number of anilines is 2. The average molecular weight is 354 g/mol. The summed E-state index contributed by atoms with van der Waals surface area (Å²) in [5.41, 5.74) is 0.849. The van der Waals surface area contributed by atoms with Crippen molar-refractivity contribution in [3.63, 3.8) is 0 Å². The van der Waals surface area contributed by atoms with Crippen LogP contribution >= 0.6 is 0 Å². The van der Waals surface area contributed by atoms with Crippen LogP contribution < -0.4 is 16.0 Å². The second-order valence-electron chi connectivity index (χ2n) is 7.35. The molecule has 0 bridgehead atoms. The second-order valence-corrected chi connectivity index (χ2v) is 7.35. The number of amides is 2. The van der Waals surface area contributed by atoms with Gasteiger partial charge >= 0.3 is 0 Å². The topological polar surface area (TPSA) is 94.0 Å². The summed E-state index contributed by atoms with van der Waals surface area (Å²) in [7, 11) is 0. The first kappa shape index (κ1) is 18.2. The van der Waals surface area contributed by atoms with Crippen LogP contribution in [0.1, 0.15) is 51.4 Å². The van der Waals surface area contributed by atoms with Gasteiger partial charge in [-0.1, -0.05) is 25.7 Å². The zero-order valence-corrected chi connectivity index (χ0v) is 15.0. The van der Waals surface area contributed by atoms with Crippen molar-refractivity contribution in [3.05, 3.63) is 24.3 Å². The highest BCUT2D eigenvalue weighted by molar-refractivity contribution is 5.94. The molecule has 26 heavy (non-hydrogen) atoms. The standard InChI is InChI=1S/C20H26N4O2/c21-14-20(11-3-1-2-4-12-20)24-18(25)13-22-16-7-9-17(10-8-16)23-19(26)15-5-6-15/h7-10,15,22H,1-6,11-13H2,(H,23,26)(H,24,25). The van der Waals surface area contributed by atoms with Gasteiger partial charge in [0.15, 0.2) is 0 Å². The Morgan fingerprint density at radius 2 is 1.65 bits per heavy atom. The molecule has 138 valence electrons. The van der Waals surface area contributed by atoms with Crippen LogP contribution in [0.3, 0.4) is 0 Å². The molecule has 3 N–H and O–H groups in total. The number of benzene rings is 1. The smallest absolute Gasteiger partial charge is 0.240 e. The summed E-state index contributed by atoms with van der Waals surface area (Å²) in [6.07, 6.45) is 7.62. The van der Waals surface area contributed by atoms with E-state index >= 15 is 0 Å². The van der Waals surface area contributed by atoms with E-state index in [-0.39, 0.29) is 24.3 Å². The molecule has 2 saturated carbocycles. The monoisotopic (exact) mass is 354 g/mol. The van der Waals surface area contributed by atoms with Gasteiger partial charge in [0.1, 0.15) is 5.54 Å². The number of rotatable bonds is 6. The maximum absolute atomic E-state index is 12.3. The third-order valence-corrected chi connectivity index (χ3v) is 5.10. The van der Waals surface area contributed by atoms with Gasteiger partial charge in [-0.05, 0) is 49.9 Å². The molecule has 3 rings (SSSR count). The summed E-state index contributed by atoms with van der Waals surface area (Å²) in [4.78, 5) is 24.0. The van der Waals surface area contributed by atoms with Crippen molar-refractivity contribution in [3.8, 4) is 6.07 Å². The molecule has 0 aromatic heterocycles. The summed E-state index contributed by atoms with van der Waals surface area (Å²) >= 11 is 0.